The topological polar surface area (TPSA) is 77.8 Å². The second-order valence-electron chi connectivity index (χ2n) is 4.53. The average molecular weight is 317 g/mol. The fraction of sp³-hybridized carbons (Fsp3) is 0.125. The average Bonchev–Trinajstić information content (AvgIpc) is 2.47. The highest BCUT2D eigenvalue weighted by molar-refractivity contribution is 7.99. The molecule has 0 spiro atoms. The summed E-state index contributed by atoms with van der Waals surface area (Å²) in [6.45, 7) is -0.725. The number of carbonyl (C=O) groups is 2. The summed E-state index contributed by atoms with van der Waals surface area (Å²) in [4.78, 5) is 25.1. The first kappa shape index (κ1) is 15.9. The Morgan fingerprint density at radius 2 is 1.41 bits per heavy atom. The number of nitrogens with zero attached hydrogens (tertiary/aromatic N) is 1. The number of para-hydroxylation sites is 1. The molecule has 0 aliphatic heterocycles. The molecule has 0 radical (unpaired) electrons. The van der Waals surface area contributed by atoms with E-state index in [0.29, 0.717) is 5.69 Å². The zero-order chi connectivity index (χ0) is 15.9. The number of aliphatic carboxylic acids is 2. The van der Waals surface area contributed by atoms with Crippen molar-refractivity contribution >= 4 is 29.4 Å². The van der Waals surface area contributed by atoms with E-state index in [2.05, 4.69) is 0 Å². The number of carboxylic acids is 2. The maximum Gasteiger partial charge on any atom is 0.323 e. The highest BCUT2D eigenvalue weighted by Crippen LogP contribution is 2.35. The molecule has 0 aliphatic carbocycles. The van der Waals surface area contributed by atoms with E-state index in [-0.39, 0.29) is 13.1 Å². The largest absolute Gasteiger partial charge is 0.480 e. The van der Waals surface area contributed by atoms with Crippen LogP contribution in [0.15, 0.2) is 64.4 Å². The van der Waals surface area contributed by atoms with Gasteiger partial charge in [-0.1, -0.05) is 42.1 Å². The van der Waals surface area contributed by atoms with Gasteiger partial charge in [0.05, 0.1) is 5.69 Å². The molecule has 0 heterocycles. The molecule has 114 valence electrons. The smallest absolute Gasteiger partial charge is 0.323 e. The molecule has 0 amide bonds. The van der Waals surface area contributed by atoms with Crippen LogP contribution in [0.2, 0.25) is 0 Å². The summed E-state index contributed by atoms with van der Waals surface area (Å²) in [5.41, 5.74) is 0.598. The predicted molar refractivity (Wildman–Crippen MR) is 84.5 cm³/mol. The Balaban J connectivity index is 2.31. The summed E-state index contributed by atoms with van der Waals surface area (Å²) in [5.74, 6) is -2.14. The van der Waals surface area contributed by atoms with E-state index in [9.17, 15) is 9.59 Å². The van der Waals surface area contributed by atoms with Crippen molar-refractivity contribution in [3.05, 3.63) is 54.6 Å². The van der Waals surface area contributed by atoms with Crippen molar-refractivity contribution in [1.29, 1.82) is 0 Å². The van der Waals surface area contributed by atoms with E-state index in [4.69, 9.17) is 10.2 Å². The Labute approximate surface area is 132 Å². The molecule has 2 aromatic rings. The second kappa shape index (κ2) is 7.51. The zero-order valence-electron chi connectivity index (χ0n) is 11.7. The van der Waals surface area contributed by atoms with Crippen LogP contribution < -0.4 is 4.90 Å². The Bertz CT molecular complexity index is 644. The van der Waals surface area contributed by atoms with Crippen LogP contribution in [-0.4, -0.2) is 35.2 Å². The van der Waals surface area contributed by atoms with Crippen molar-refractivity contribution in [3.8, 4) is 0 Å². The van der Waals surface area contributed by atoms with E-state index in [1.807, 2.05) is 42.5 Å². The van der Waals surface area contributed by atoms with Crippen molar-refractivity contribution in [3.63, 3.8) is 0 Å². The molecule has 0 fully saturated rings. The van der Waals surface area contributed by atoms with Crippen molar-refractivity contribution in [2.45, 2.75) is 9.79 Å². The van der Waals surface area contributed by atoms with E-state index in [0.717, 1.165) is 9.79 Å². The molecule has 0 atom stereocenters. The fourth-order valence-electron chi connectivity index (χ4n) is 1.97. The Morgan fingerprint density at radius 1 is 0.864 bits per heavy atom. The molecule has 0 aromatic heterocycles. The molecule has 0 saturated heterocycles. The molecule has 0 saturated carbocycles. The summed E-state index contributed by atoms with van der Waals surface area (Å²) in [6.07, 6.45) is 0. The quantitative estimate of drug-likeness (QED) is 0.817. The Kier molecular flexibility index (Phi) is 5.43. The molecule has 2 N–H and O–H groups in total. The molecule has 2 aromatic carbocycles. The van der Waals surface area contributed by atoms with Crippen LogP contribution in [0.4, 0.5) is 5.69 Å². The number of carboxylic acid groups (broad SMARTS) is 2. The maximum atomic E-state index is 11.0. The standard InChI is InChI=1S/C16H15NO4S/c18-15(19)10-17(11-16(20)21)13-8-4-5-9-14(13)22-12-6-2-1-3-7-12/h1-9H,10-11H2,(H,18,19)(H,20,21). The van der Waals surface area contributed by atoms with Gasteiger partial charge in [0.15, 0.2) is 0 Å². The Hall–Kier alpha value is -2.47. The van der Waals surface area contributed by atoms with Gasteiger partial charge >= 0.3 is 11.9 Å². The minimum absolute atomic E-state index is 0.362. The molecule has 0 unspecified atom stereocenters. The number of rotatable bonds is 7. The lowest BCUT2D eigenvalue weighted by Gasteiger charge is -2.23. The lowest BCUT2D eigenvalue weighted by atomic mass is 10.3. The van der Waals surface area contributed by atoms with Gasteiger partial charge in [0, 0.05) is 9.79 Å². The van der Waals surface area contributed by atoms with Gasteiger partial charge in [-0.3, -0.25) is 9.59 Å². The molecule has 22 heavy (non-hydrogen) atoms. The van der Waals surface area contributed by atoms with Gasteiger partial charge in [-0.15, -0.1) is 0 Å². The monoisotopic (exact) mass is 317 g/mol. The van der Waals surface area contributed by atoms with Crippen LogP contribution >= 0.6 is 11.8 Å². The van der Waals surface area contributed by atoms with Gasteiger partial charge in [-0.2, -0.15) is 0 Å². The highest BCUT2D eigenvalue weighted by Gasteiger charge is 2.17. The summed E-state index contributed by atoms with van der Waals surface area (Å²) in [5, 5.41) is 18.0. The number of anilines is 1. The minimum atomic E-state index is -1.07. The summed E-state index contributed by atoms with van der Waals surface area (Å²) >= 11 is 1.47. The summed E-state index contributed by atoms with van der Waals surface area (Å²) < 4.78 is 0. The van der Waals surface area contributed by atoms with E-state index >= 15 is 0 Å². The first-order chi connectivity index (χ1) is 10.6. The SMILES string of the molecule is O=C(O)CN(CC(=O)O)c1ccccc1Sc1ccccc1. The van der Waals surface area contributed by atoms with E-state index < -0.39 is 11.9 Å². The van der Waals surface area contributed by atoms with Gasteiger partial charge < -0.3 is 15.1 Å². The molecule has 5 nitrogen and oxygen atoms in total. The van der Waals surface area contributed by atoms with E-state index in [1.54, 1.807) is 12.1 Å². The molecular weight excluding hydrogens is 302 g/mol. The lowest BCUT2D eigenvalue weighted by Crippen LogP contribution is -2.34. The van der Waals surface area contributed by atoms with Crippen molar-refractivity contribution < 1.29 is 19.8 Å². The molecule has 2 rings (SSSR count). The van der Waals surface area contributed by atoms with Gasteiger partial charge in [-0.05, 0) is 24.3 Å². The first-order valence-electron chi connectivity index (χ1n) is 6.56. The summed E-state index contributed by atoms with van der Waals surface area (Å²) in [6, 6.07) is 16.8. The zero-order valence-corrected chi connectivity index (χ0v) is 12.5. The normalized spacial score (nSPS) is 10.2. The van der Waals surface area contributed by atoms with Gasteiger partial charge in [0.1, 0.15) is 13.1 Å². The molecular formula is C16H15NO4S. The fourth-order valence-corrected chi connectivity index (χ4v) is 2.97. The molecule has 0 aliphatic rings. The van der Waals surface area contributed by atoms with Crippen LogP contribution in [0, 0.1) is 0 Å². The second-order valence-corrected chi connectivity index (χ2v) is 5.64. The Morgan fingerprint density at radius 3 is 2.00 bits per heavy atom. The summed E-state index contributed by atoms with van der Waals surface area (Å²) in [7, 11) is 0. The van der Waals surface area contributed by atoms with E-state index in [1.165, 1.54) is 16.7 Å². The van der Waals surface area contributed by atoms with Crippen LogP contribution in [0.25, 0.3) is 0 Å². The molecule has 6 heteroatoms. The van der Waals surface area contributed by atoms with Crippen molar-refractivity contribution in [2.75, 3.05) is 18.0 Å². The van der Waals surface area contributed by atoms with Crippen molar-refractivity contribution in [2.24, 2.45) is 0 Å². The number of benzene rings is 2. The third-order valence-corrected chi connectivity index (χ3v) is 3.90. The van der Waals surface area contributed by atoms with Crippen LogP contribution in [-0.2, 0) is 9.59 Å². The van der Waals surface area contributed by atoms with Gasteiger partial charge in [0.25, 0.3) is 0 Å². The minimum Gasteiger partial charge on any atom is -0.480 e. The van der Waals surface area contributed by atoms with Crippen LogP contribution in [0.1, 0.15) is 0 Å². The molecule has 0 bridgehead atoms. The van der Waals surface area contributed by atoms with Crippen LogP contribution in [0.3, 0.4) is 0 Å². The lowest BCUT2D eigenvalue weighted by molar-refractivity contribution is -0.136. The third kappa shape index (κ3) is 4.53. The third-order valence-electron chi connectivity index (χ3n) is 2.83. The first-order valence-corrected chi connectivity index (χ1v) is 7.38. The van der Waals surface area contributed by atoms with Gasteiger partial charge in [-0.25, -0.2) is 0 Å². The maximum absolute atomic E-state index is 11.0. The number of hydrogen-bond acceptors (Lipinski definition) is 4. The van der Waals surface area contributed by atoms with Crippen LogP contribution in [0.5, 0.6) is 0 Å². The predicted octanol–water partition coefficient (Wildman–Crippen LogP) is 2.81. The number of hydrogen-bond donors (Lipinski definition) is 2. The highest BCUT2D eigenvalue weighted by atomic mass is 32.2. The van der Waals surface area contributed by atoms with Gasteiger partial charge in [0.2, 0.25) is 0 Å². The van der Waals surface area contributed by atoms with Crippen molar-refractivity contribution in [1.82, 2.24) is 0 Å².